The van der Waals surface area contributed by atoms with Crippen LogP contribution < -0.4 is 4.74 Å². The van der Waals surface area contributed by atoms with E-state index in [-0.39, 0.29) is 18.4 Å². The Morgan fingerprint density at radius 1 is 0.970 bits per heavy atom. The lowest BCUT2D eigenvalue weighted by molar-refractivity contribution is -0.128. The van der Waals surface area contributed by atoms with Crippen molar-refractivity contribution < 1.29 is 14.6 Å². The van der Waals surface area contributed by atoms with Crippen molar-refractivity contribution in [1.82, 2.24) is 14.5 Å². The van der Waals surface area contributed by atoms with Gasteiger partial charge >= 0.3 is 0 Å². The van der Waals surface area contributed by atoms with Gasteiger partial charge in [0.05, 0.1) is 17.6 Å². The van der Waals surface area contributed by atoms with Crippen LogP contribution in [0.15, 0.2) is 84.9 Å². The number of carbonyl (C=O) groups is 1. The molecule has 1 N–H and O–H groups in total. The minimum atomic E-state index is -0.709. The van der Waals surface area contributed by atoms with Crippen LogP contribution in [0.25, 0.3) is 11.0 Å². The van der Waals surface area contributed by atoms with Crippen LogP contribution in [0, 0.1) is 0 Å². The van der Waals surface area contributed by atoms with Crippen LogP contribution in [-0.2, 0) is 17.9 Å². The van der Waals surface area contributed by atoms with Gasteiger partial charge < -0.3 is 19.3 Å². The first-order valence-corrected chi connectivity index (χ1v) is 11.3. The lowest BCUT2D eigenvalue weighted by Crippen LogP contribution is -2.26. The Morgan fingerprint density at radius 3 is 2.45 bits per heavy atom. The molecule has 0 unspecified atom stereocenters. The van der Waals surface area contributed by atoms with Crippen LogP contribution in [0.1, 0.15) is 23.7 Å². The van der Waals surface area contributed by atoms with Crippen LogP contribution >= 0.6 is 0 Å². The average molecular weight is 442 g/mol. The second kappa shape index (κ2) is 9.46. The van der Waals surface area contributed by atoms with Crippen molar-refractivity contribution in [2.45, 2.75) is 31.5 Å². The predicted octanol–water partition coefficient (Wildman–Crippen LogP) is 3.99. The number of benzene rings is 3. The van der Waals surface area contributed by atoms with Gasteiger partial charge in [0.25, 0.3) is 0 Å². The Bertz CT molecular complexity index is 1220. The molecule has 168 valence electrons. The number of amides is 1. The summed E-state index contributed by atoms with van der Waals surface area (Å²) in [5, 5.41) is 10.8. The summed E-state index contributed by atoms with van der Waals surface area (Å²) in [4.78, 5) is 19.6. The second-order valence-electron chi connectivity index (χ2n) is 8.51. The normalized spacial score (nSPS) is 16.9. The molecule has 2 atom stereocenters. The van der Waals surface area contributed by atoms with Crippen molar-refractivity contribution in [1.29, 1.82) is 0 Å². The van der Waals surface area contributed by atoms with E-state index in [9.17, 15) is 9.90 Å². The molecule has 1 aromatic heterocycles. The first-order chi connectivity index (χ1) is 16.2. The highest BCUT2D eigenvalue weighted by molar-refractivity contribution is 5.81. The maximum atomic E-state index is 12.8. The van der Waals surface area contributed by atoms with E-state index in [1.54, 1.807) is 0 Å². The third-order valence-corrected chi connectivity index (χ3v) is 6.06. The summed E-state index contributed by atoms with van der Waals surface area (Å²) in [6.07, 6.45) is -0.286. The number of fused-ring (bicyclic) bond motifs is 1. The van der Waals surface area contributed by atoms with E-state index in [4.69, 9.17) is 9.72 Å². The van der Waals surface area contributed by atoms with Crippen LogP contribution in [-0.4, -0.2) is 44.7 Å². The van der Waals surface area contributed by atoms with E-state index in [0.717, 1.165) is 28.2 Å². The summed E-state index contributed by atoms with van der Waals surface area (Å²) < 4.78 is 7.80. The molecule has 1 aliphatic heterocycles. The number of aliphatic hydroxyl groups is 1. The number of hydrogen-bond donors (Lipinski definition) is 1. The minimum Gasteiger partial charge on any atom is -0.491 e. The van der Waals surface area contributed by atoms with Crippen LogP contribution in [0.3, 0.4) is 0 Å². The Kier molecular flexibility index (Phi) is 6.09. The van der Waals surface area contributed by atoms with E-state index in [1.807, 2.05) is 89.8 Å². The third-order valence-electron chi connectivity index (χ3n) is 6.06. The smallest absolute Gasteiger partial charge is 0.223 e. The van der Waals surface area contributed by atoms with Crippen molar-refractivity contribution in [3.05, 3.63) is 96.3 Å². The molecule has 0 aliphatic carbocycles. The van der Waals surface area contributed by atoms with Gasteiger partial charge in [0, 0.05) is 25.4 Å². The molecular weight excluding hydrogens is 414 g/mol. The number of para-hydroxylation sites is 3. The van der Waals surface area contributed by atoms with Gasteiger partial charge in [0.15, 0.2) is 0 Å². The molecule has 0 bridgehead atoms. The number of nitrogens with zero attached hydrogens (tertiary/aromatic N) is 3. The standard InChI is InChI=1S/C27H27N3O3/c31-22(19-33-23-11-5-2-6-12-23)18-30-25-14-8-7-13-24(25)28-27(30)21-15-26(32)29(17-21)16-20-9-3-1-4-10-20/h1-14,21-22,31H,15-19H2/t21-,22+/m0/s1. The Hall–Kier alpha value is -3.64. The number of ether oxygens (including phenoxy) is 1. The number of aliphatic hydroxyl groups excluding tert-OH is 1. The summed E-state index contributed by atoms with van der Waals surface area (Å²) in [5.41, 5.74) is 2.95. The largest absolute Gasteiger partial charge is 0.491 e. The summed E-state index contributed by atoms with van der Waals surface area (Å²) in [7, 11) is 0. The molecule has 6 heteroatoms. The minimum absolute atomic E-state index is 0.0177. The van der Waals surface area contributed by atoms with Crippen molar-refractivity contribution in [3.8, 4) is 5.75 Å². The number of aromatic nitrogens is 2. The lowest BCUT2D eigenvalue weighted by Gasteiger charge is -2.19. The maximum absolute atomic E-state index is 12.8. The summed E-state index contributed by atoms with van der Waals surface area (Å²) >= 11 is 0. The zero-order valence-corrected chi connectivity index (χ0v) is 18.4. The molecule has 3 aromatic carbocycles. The molecule has 6 nitrogen and oxygen atoms in total. The average Bonchev–Trinajstić information content (AvgIpc) is 3.39. The molecule has 4 aromatic rings. The molecule has 2 heterocycles. The number of rotatable bonds is 8. The SMILES string of the molecule is O=C1C[C@H](c2nc3ccccc3n2C[C@@H](O)COc2ccccc2)CN1Cc1ccccc1. The molecule has 0 saturated carbocycles. The number of hydrogen-bond acceptors (Lipinski definition) is 4. The first-order valence-electron chi connectivity index (χ1n) is 11.3. The second-order valence-corrected chi connectivity index (χ2v) is 8.51. The van der Waals surface area contributed by atoms with Gasteiger partial charge in [-0.25, -0.2) is 4.98 Å². The number of carbonyl (C=O) groups excluding carboxylic acids is 1. The molecule has 33 heavy (non-hydrogen) atoms. The van der Waals surface area contributed by atoms with Gasteiger partial charge in [-0.3, -0.25) is 4.79 Å². The fourth-order valence-corrected chi connectivity index (χ4v) is 4.47. The fourth-order valence-electron chi connectivity index (χ4n) is 4.47. The van der Waals surface area contributed by atoms with E-state index in [0.29, 0.717) is 26.1 Å². The van der Waals surface area contributed by atoms with E-state index >= 15 is 0 Å². The molecule has 1 saturated heterocycles. The van der Waals surface area contributed by atoms with Crippen molar-refractivity contribution in [3.63, 3.8) is 0 Å². The maximum Gasteiger partial charge on any atom is 0.223 e. The summed E-state index contributed by atoms with van der Waals surface area (Å²) in [5.74, 6) is 1.69. The molecular formula is C27H27N3O3. The molecule has 0 radical (unpaired) electrons. The van der Waals surface area contributed by atoms with Crippen molar-refractivity contribution in [2.75, 3.05) is 13.2 Å². The monoisotopic (exact) mass is 441 g/mol. The Balaban J connectivity index is 1.35. The molecule has 0 spiro atoms. The molecule has 1 fully saturated rings. The van der Waals surface area contributed by atoms with Gasteiger partial charge in [-0.05, 0) is 29.8 Å². The van der Waals surface area contributed by atoms with Crippen LogP contribution in [0.4, 0.5) is 0 Å². The van der Waals surface area contributed by atoms with Gasteiger partial charge in [0.1, 0.15) is 24.3 Å². The van der Waals surface area contributed by atoms with Gasteiger partial charge in [0.2, 0.25) is 5.91 Å². The zero-order valence-electron chi connectivity index (χ0n) is 18.4. The third kappa shape index (κ3) is 4.76. The Morgan fingerprint density at radius 2 is 1.67 bits per heavy atom. The molecule has 1 amide bonds. The summed E-state index contributed by atoms with van der Waals surface area (Å²) in [6.45, 7) is 1.75. The highest BCUT2D eigenvalue weighted by atomic mass is 16.5. The van der Waals surface area contributed by atoms with Gasteiger partial charge in [-0.15, -0.1) is 0 Å². The van der Waals surface area contributed by atoms with Gasteiger partial charge in [-0.1, -0.05) is 60.7 Å². The predicted molar refractivity (Wildman–Crippen MR) is 127 cm³/mol. The fraction of sp³-hybridized carbons (Fsp3) is 0.259. The topological polar surface area (TPSA) is 67.6 Å². The number of likely N-dealkylation sites (tertiary alicyclic amines) is 1. The number of imidazole rings is 1. The van der Waals surface area contributed by atoms with Crippen LogP contribution in [0.5, 0.6) is 5.75 Å². The highest BCUT2D eigenvalue weighted by Gasteiger charge is 2.34. The van der Waals surface area contributed by atoms with Gasteiger partial charge in [-0.2, -0.15) is 0 Å². The molecule has 5 rings (SSSR count). The van der Waals surface area contributed by atoms with E-state index < -0.39 is 6.10 Å². The van der Waals surface area contributed by atoms with E-state index in [1.165, 1.54) is 0 Å². The zero-order chi connectivity index (χ0) is 22.6. The van der Waals surface area contributed by atoms with Crippen LogP contribution in [0.2, 0.25) is 0 Å². The van der Waals surface area contributed by atoms with E-state index in [2.05, 4.69) is 4.57 Å². The Labute approximate surface area is 193 Å². The highest BCUT2D eigenvalue weighted by Crippen LogP contribution is 2.31. The lowest BCUT2D eigenvalue weighted by atomic mass is 10.1. The summed E-state index contributed by atoms with van der Waals surface area (Å²) in [6, 6.07) is 27.4. The van der Waals surface area contributed by atoms with Crippen molar-refractivity contribution >= 4 is 16.9 Å². The molecule has 1 aliphatic rings. The van der Waals surface area contributed by atoms with Crippen molar-refractivity contribution in [2.24, 2.45) is 0 Å². The first kappa shape index (κ1) is 21.2. The quantitative estimate of drug-likeness (QED) is 0.449.